The predicted octanol–water partition coefficient (Wildman–Crippen LogP) is 10.0. The van der Waals surface area contributed by atoms with Gasteiger partial charge < -0.3 is 20.6 Å². The minimum atomic E-state index is -0.536. The molecule has 0 radical (unpaired) electrons. The summed E-state index contributed by atoms with van der Waals surface area (Å²) in [6.45, 7) is 4.93. The Kier molecular flexibility index (Phi) is 33.2. The van der Waals surface area contributed by atoms with Crippen molar-refractivity contribution < 1.29 is 15.3 Å². The molecule has 0 aliphatic rings. The molecule has 4 N–H and O–H groups in total. The molecule has 0 saturated heterocycles. The van der Waals surface area contributed by atoms with Gasteiger partial charge in [0.1, 0.15) is 0 Å². The number of rotatable bonds is 34. The lowest BCUT2D eigenvalue weighted by molar-refractivity contribution is 0.0693. The summed E-state index contributed by atoms with van der Waals surface area (Å²) in [7, 11) is 0. The fourth-order valence-electron chi connectivity index (χ4n) is 5.86. The molecule has 0 aromatic heterocycles. The third-order valence-corrected chi connectivity index (χ3v) is 8.77. The van der Waals surface area contributed by atoms with E-state index in [0.29, 0.717) is 6.54 Å². The molecule has 4 heteroatoms. The molecule has 0 aliphatic heterocycles. The van der Waals surface area contributed by atoms with Crippen LogP contribution in [0.2, 0.25) is 0 Å². The fourth-order valence-corrected chi connectivity index (χ4v) is 5.86. The number of hydrogen-bond acceptors (Lipinski definition) is 4. The number of hydrogen-bond donors (Lipinski definition) is 4. The highest BCUT2D eigenvalue weighted by atomic mass is 16.3. The highest BCUT2D eigenvalue weighted by molar-refractivity contribution is 4.76. The van der Waals surface area contributed by atoms with E-state index in [0.717, 1.165) is 32.1 Å². The summed E-state index contributed by atoms with van der Waals surface area (Å²) >= 11 is 0. The van der Waals surface area contributed by atoms with E-state index in [2.05, 4.69) is 19.2 Å². The number of aliphatic hydroxyl groups is 3. The summed E-state index contributed by atoms with van der Waals surface area (Å²) in [5.41, 5.74) is 0. The Morgan fingerprint density at radius 3 is 1.05 bits per heavy atom. The molecule has 40 heavy (non-hydrogen) atoms. The average molecular weight is 570 g/mol. The van der Waals surface area contributed by atoms with Gasteiger partial charge in [-0.25, -0.2) is 0 Å². The molecule has 0 saturated carbocycles. The maximum Gasteiger partial charge on any atom is 0.0715 e. The van der Waals surface area contributed by atoms with E-state index in [1.807, 2.05) is 0 Å². The Morgan fingerprint density at radius 2 is 0.725 bits per heavy atom. The van der Waals surface area contributed by atoms with E-state index in [1.165, 1.54) is 154 Å². The lowest BCUT2D eigenvalue weighted by Crippen LogP contribution is -2.45. The standard InChI is InChI=1S/C36H75NO3/c1-3-5-7-9-11-13-15-17-19-20-22-24-26-28-30-34(39)32-37-35(33-38)36(40)31-29-27-25-23-21-18-16-14-12-10-8-6-4-2/h34-40H,3-33H2,1-2H3. The molecule has 3 unspecified atom stereocenters. The molecule has 242 valence electrons. The van der Waals surface area contributed by atoms with Gasteiger partial charge in [0.05, 0.1) is 24.9 Å². The van der Waals surface area contributed by atoms with Gasteiger partial charge in [-0.05, 0) is 12.8 Å². The van der Waals surface area contributed by atoms with Crippen LogP contribution in [0.25, 0.3) is 0 Å². The molecule has 4 nitrogen and oxygen atoms in total. The zero-order chi connectivity index (χ0) is 29.4. The molecular weight excluding hydrogens is 494 g/mol. The maximum atomic E-state index is 10.5. The third-order valence-electron chi connectivity index (χ3n) is 8.77. The molecule has 0 amide bonds. The fraction of sp³-hybridized carbons (Fsp3) is 1.00. The van der Waals surface area contributed by atoms with Crippen molar-refractivity contribution in [1.29, 1.82) is 0 Å². The van der Waals surface area contributed by atoms with E-state index in [4.69, 9.17) is 0 Å². The van der Waals surface area contributed by atoms with Crippen LogP contribution in [0.4, 0.5) is 0 Å². The van der Waals surface area contributed by atoms with Crippen molar-refractivity contribution >= 4 is 0 Å². The zero-order valence-electron chi connectivity index (χ0n) is 27.5. The van der Waals surface area contributed by atoms with Crippen molar-refractivity contribution in [3.63, 3.8) is 0 Å². The molecule has 0 spiro atoms. The minimum absolute atomic E-state index is 0.0782. The Hall–Kier alpha value is -0.160. The first-order valence-corrected chi connectivity index (χ1v) is 18.4. The predicted molar refractivity (Wildman–Crippen MR) is 176 cm³/mol. The smallest absolute Gasteiger partial charge is 0.0715 e. The summed E-state index contributed by atoms with van der Waals surface area (Å²) < 4.78 is 0. The molecular formula is C36H75NO3. The highest BCUT2D eigenvalue weighted by Gasteiger charge is 2.18. The topological polar surface area (TPSA) is 72.7 Å². The van der Waals surface area contributed by atoms with E-state index in [-0.39, 0.29) is 12.6 Å². The molecule has 0 aromatic rings. The largest absolute Gasteiger partial charge is 0.395 e. The molecule has 0 rings (SSSR count). The SMILES string of the molecule is CCCCCCCCCCCCCCCCC(O)CNC(CO)C(O)CCCCCCCCCCCCCCC. The second kappa shape index (κ2) is 33.3. The minimum Gasteiger partial charge on any atom is -0.395 e. The van der Waals surface area contributed by atoms with Crippen molar-refractivity contribution in [1.82, 2.24) is 5.32 Å². The van der Waals surface area contributed by atoms with Crippen LogP contribution in [0.15, 0.2) is 0 Å². The Balaban J connectivity index is 3.51. The normalized spacial score (nSPS) is 14.0. The van der Waals surface area contributed by atoms with Gasteiger partial charge in [0.25, 0.3) is 0 Å². The first-order valence-electron chi connectivity index (χ1n) is 18.4. The van der Waals surface area contributed by atoms with Gasteiger partial charge in [0, 0.05) is 6.54 Å². The van der Waals surface area contributed by atoms with E-state index >= 15 is 0 Å². The maximum absolute atomic E-state index is 10.5. The zero-order valence-corrected chi connectivity index (χ0v) is 27.5. The average Bonchev–Trinajstić information content (AvgIpc) is 2.96. The van der Waals surface area contributed by atoms with Crippen LogP contribution in [-0.4, -0.2) is 46.7 Å². The lowest BCUT2D eigenvalue weighted by atomic mass is 10.0. The highest BCUT2D eigenvalue weighted by Crippen LogP contribution is 2.15. The third kappa shape index (κ3) is 29.3. The van der Waals surface area contributed by atoms with Gasteiger partial charge in [-0.2, -0.15) is 0 Å². The van der Waals surface area contributed by atoms with Gasteiger partial charge >= 0.3 is 0 Å². The van der Waals surface area contributed by atoms with E-state index < -0.39 is 12.2 Å². The van der Waals surface area contributed by atoms with Crippen LogP contribution >= 0.6 is 0 Å². The van der Waals surface area contributed by atoms with Crippen molar-refractivity contribution in [2.24, 2.45) is 0 Å². The number of unbranched alkanes of at least 4 members (excludes halogenated alkanes) is 25. The number of nitrogens with one attached hydrogen (secondary N) is 1. The monoisotopic (exact) mass is 570 g/mol. The Labute approximate surface area is 251 Å². The van der Waals surface area contributed by atoms with Crippen LogP contribution in [-0.2, 0) is 0 Å². The molecule has 0 bridgehead atoms. The first kappa shape index (κ1) is 39.8. The van der Waals surface area contributed by atoms with Crippen molar-refractivity contribution in [2.45, 2.75) is 218 Å². The van der Waals surface area contributed by atoms with Crippen LogP contribution in [0.5, 0.6) is 0 Å². The molecule has 3 atom stereocenters. The van der Waals surface area contributed by atoms with Crippen LogP contribution in [0, 0.1) is 0 Å². The first-order chi connectivity index (χ1) is 19.7. The molecule has 0 heterocycles. The summed E-state index contributed by atoms with van der Waals surface area (Å²) in [4.78, 5) is 0. The van der Waals surface area contributed by atoms with E-state index in [9.17, 15) is 15.3 Å². The van der Waals surface area contributed by atoms with Crippen molar-refractivity contribution in [3.05, 3.63) is 0 Å². The Morgan fingerprint density at radius 1 is 0.425 bits per heavy atom. The van der Waals surface area contributed by atoms with Crippen LogP contribution < -0.4 is 5.32 Å². The van der Waals surface area contributed by atoms with Crippen LogP contribution in [0.3, 0.4) is 0 Å². The quantitative estimate of drug-likeness (QED) is 0.0582. The molecule has 0 fully saturated rings. The summed E-state index contributed by atoms with van der Waals surface area (Å²) in [5.74, 6) is 0. The second-order valence-electron chi connectivity index (χ2n) is 12.8. The molecule has 0 aromatic carbocycles. The lowest BCUT2D eigenvalue weighted by Gasteiger charge is -2.24. The summed E-state index contributed by atoms with van der Waals surface area (Å²) in [5, 5.41) is 33.8. The second-order valence-corrected chi connectivity index (χ2v) is 12.8. The van der Waals surface area contributed by atoms with E-state index in [1.54, 1.807) is 0 Å². The van der Waals surface area contributed by atoms with Gasteiger partial charge in [0.15, 0.2) is 0 Å². The van der Waals surface area contributed by atoms with Crippen molar-refractivity contribution in [3.8, 4) is 0 Å². The van der Waals surface area contributed by atoms with Crippen LogP contribution in [0.1, 0.15) is 200 Å². The Bertz CT molecular complexity index is 461. The summed E-state index contributed by atoms with van der Waals surface area (Å²) in [6, 6.07) is -0.330. The van der Waals surface area contributed by atoms with Gasteiger partial charge in [-0.1, -0.05) is 187 Å². The molecule has 0 aliphatic carbocycles. The number of aliphatic hydroxyl groups excluding tert-OH is 3. The van der Waals surface area contributed by atoms with Gasteiger partial charge in [-0.15, -0.1) is 0 Å². The summed E-state index contributed by atoms with van der Waals surface area (Å²) in [6.07, 6.45) is 36.6. The van der Waals surface area contributed by atoms with Crippen molar-refractivity contribution in [2.75, 3.05) is 13.2 Å². The van der Waals surface area contributed by atoms with Gasteiger partial charge in [0.2, 0.25) is 0 Å². The van der Waals surface area contributed by atoms with Gasteiger partial charge in [-0.3, -0.25) is 0 Å².